The minimum absolute atomic E-state index is 0.178. The molecule has 1 fully saturated rings. The second-order valence-electron chi connectivity index (χ2n) is 3.61. The fourth-order valence-electron chi connectivity index (χ4n) is 1.55. The average Bonchev–Trinajstić information content (AvgIpc) is 2.59. The highest BCUT2D eigenvalue weighted by molar-refractivity contribution is 5.90. The Morgan fingerprint density at radius 2 is 2.06 bits per heavy atom. The molecule has 17 heavy (non-hydrogen) atoms. The predicted molar refractivity (Wildman–Crippen MR) is 51.4 cm³/mol. The monoisotopic (exact) mass is 246 g/mol. The van der Waals surface area contributed by atoms with Gasteiger partial charge in [0.1, 0.15) is 6.04 Å². The molecule has 1 aliphatic heterocycles. The molecule has 3 N–H and O–H groups in total. The summed E-state index contributed by atoms with van der Waals surface area (Å²) in [5.41, 5.74) is 6.95. The Morgan fingerprint density at radius 1 is 1.35 bits per heavy atom. The highest BCUT2D eigenvalue weighted by Crippen LogP contribution is 2.31. The Morgan fingerprint density at radius 3 is 2.59 bits per heavy atom. The van der Waals surface area contributed by atoms with Gasteiger partial charge in [-0.25, -0.2) is 0 Å². The number of carbonyl (C=O) groups is 1. The normalized spacial score (nSPS) is 25.3. The van der Waals surface area contributed by atoms with Crippen molar-refractivity contribution >= 4 is 5.78 Å². The number of hydroxylamine groups is 1. The molecule has 0 bridgehead atoms. The third kappa shape index (κ3) is 2.31. The van der Waals surface area contributed by atoms with Crippen LogP contribution in [0.2, 0.25) is 0 Å². The van der Waals surface area contributed by atoms with Crippen LogP contribution in [0.25, 0.3) is 0 Å². The lowest BCUT2D eigenvalue weighted by Gasteiger charge is -2.11. The summed E-state index contributed by atoms with van der Waals surface area (Å²) in [6, 6.07) is 3.52. The molecule has 0 saturated carbocycles. The molecule has 0 amide bonds. The van der Waals surface area contributed by atoms with Gasteiger partial charge in [0.25, 0.3) is 0 Å². The zero-order valence-corrected chi connectivity index (χ0v) is 8.49. The first-order valence-corrected chi connectivity index (χ1v) is 4.77. The largest absolute Gasteiger partial charge is 0.416 e. The van der Waals surface area contributed by atoms with Crippen LogP contribution in [0.3, 0.4) is 0 Å². The number of alkyl halides is 3. The van der Waals surface area contributed by atoms with Gasteiger partial charge in [-0.3, -0.25) is 15.4 Å². The van der Waals surface area contributed by atoms with E-state index in [9.17, 15) is 18.0 Å². The van der Waals surface area contributed by atoms with Crippen LogP contribution in [-0.2, 0) is 15.8 Å². The summed E-state index contributed by atoms with van der Waals surface area (Å²) in [5, 5.41) is 0. The summed E-state index contributed by atoms with van der Waals surface area (Å²) in [4.78, 5) is 16.1. The molecule has 4 nitrogen and oxygen atoms in total. The van der Waals surface area contributed by atoms with E-state index in [0.717, 1.165) is 12.1 Å². The summed E-state index contributed by atoms with van der Waals surface area (Å²) in [7, 11) is 0. The van der Waals surface area contributed by atoms with Crippen LogP contribution in [0.15, 0.2) is 24.3 Å². The lowest BCUT2D eigenvalue weighted by Crippen LogP contribution is -2.28. The zero-order valence-electron chi connectivity index (χ0n) is 8.49. The molecule has 0 aromatic heterocycles. The summed E-state index contributed by atoms with van der Waals surface area (Å²) in [6.45, 7) is 0. The molecule has 2 rings (SSSR count). The number of nitrogens with one attached hydrogen (secondary N) is 1. The molecule has 0 spiro atoms. The molecule has 1 aromatic rings. The maximum absolute atomic E-state index is 12.5. The maximum Gasteiger partial charge on any atom is 0.416 e. The van der Waals surface area contributed by atoms with Gasteiger partial charge in [0, 0.05) is 0 Å². The smallest absolute Gasteiger partial charge is 0.298 e. The van der Waals surface area contributed by atoms with Crippen molar-refractivity contribution in [2.75, 3.05) is 0 Å². The van der Waals surface area contributed by atoms with Crippen molar-refractivity contribution in [3.8, 4) is 0 Å². The molecular weight excluding hydrogens is 237 g/mol. The predicted octanol–water partition coefficient (Wildman–Crippen LogP) is 1.14. The number of hydrogen-bond donors (Lipinski definition) is 2. The highest BCUT2D eigenvalue weighted by atomic mass is 19.4. The SMILES string of the molecule is NC1ONC(c2cccc(C(F)(F)F)c2)C1=O. The Hall–Kier alpha value is -1.44. The van der Waals surface area contributed by atoms with E-state index in [4.69, 9.17) is 5.73 Å². The van der Waals surface area contributed by atoms with Crippen LogP contribution in [0, 0.1) is 0 Å². The molecule has 1 aromatic carbocycles. The number of benzene rings is 1. The maximum atomic E-state index is 12.5. The van der Waals surface area contributed by atoms with Crippen LogP contribution in [0.1, 0.15) is 17.2 Å². The van der Waals surface area contributed by atoms with E-state index in [1.54, 1.807) is 0 Å². The molecule has 0 radical (unpaired) electrons. The first kappa shape index (κ1) is 12.0. The second-order valence-corrected chi connectivity index (χ2v) is 3.61. The standard InChI is InChI=1S/C10H9F3N2O2/c11-10(12,13)6-3-1-2-5(4-6)7-8(16)9(14)17-15-7/h1-4,7,9,15H,14H2. The van der Waals surface area contributed by atoms with Gasteiger partial charge in [0.2, 0.25) is 5.78 Å². The van der Waals surface area contributed by atoms with E-state index < -0.39 is 29.8 Å². The molecule has 92 valence electrons. The van der Waals surface area contributed by atoms with Crippen molar-refractivity contribution < 1.29 is 22.8 Å². The van der Waals surface area contributed by atoms with Gasteiger partial charge in [0.05, 0.1) is 5.56 Å². The molecule has 7 heteroatoms. The van der Waals surface area contributed by atoms with E-state index in [1.807, 2.05) is 0 Å². The molecule has 1 aliphatic rings. The summed E-state index contributed by atoms with van der Waals surface area (Å²) in [6.07, 6.45) is -5.59. The molecule has 2 atom stereocenters. The summed E-state index contributed by atoms with van der Waals surface area (Å²) in [5.74, 6) is -0.496. The summed E-state index contributed by atoms with van der Waals surface area (Å²) < 4.78 is 37.4. The van der Waals surface area contributed by atoms with Gasteiger partial charge in [0.15, 0.2) is 6.23 Å². The van der Waals surface area contributed by atoms with Gasteiger partial charge < -0.3 is 0 Å². The van der Waals surface area contributed by atoms with Crippen molar-refractivity contribution in [1.82, 2.24) is 5.48 Å². The molecular formula is C10H9F3N2O2. The number of rotatable bonds is 1. The summed E-state index contributed by atoms with van der Waals surface area (Å²) >= 11 is 0. The lowest BCUT2D eigenvalue weighted by molar-refractivity contribution is -0.137. The third-order valence-electron chi connectivity index (χ3n) is 2.43. The number of Topliss-reactive ketones (excluding diaryl/α,β-unsaturated/α-hetero) is 1. The van der Waals surface area contributed by atoms with Crippen molar-refractivity contribution in [2.45, 2.75) is 18.4 Å². The quantitative estimate of drug-likeness (QED) is 0.779. The Balaban J connectivity index is 2.31. The van der Waals surface area contributed by atoms with E-state index in [2.05, 4.69) is 10.3 Å². The van der Waals surface area contributed by atoms with E-state index >= 15 is 0 Å². The van der Waals surface area contributed by atoms with Gasteiger partial charge in [-0.1, -0.05) is 12.1 Å². The lowest BCUT2D eigenvalue weighted by atomic mass is 10.0. The number of ketones is 1. The molecule has 1 heterocycles. The molecule has 1 saturated heterocycles. The molecule has 0 aliphatic carbocycles. The highest BCUT2D eigenvalue weighted by Gasteiger charge is 2.36. The first-order valence-electron chi connectivity index (χ1n) is 4.77. The number of nitrogens with two attached hydrogens (primary N) is 1. The van der Waals surface area contributed by atoms with Gasteiger partial charge >= 0.3 is 6.18 Å². The van der Waals surface area contributed by atoms with Crippen molar-refractivity contribution in [3.05, 3.63) is 35.4 Å². The zero-order chi connectivity index (χ0) is 12.6. The van der Waals surface area contributed by atoms with Crippen molar-refractivity contribution in [1.29, 1.82) is 0 Å². The van der Waals surface area contributed by atoms with Crippen LogP contribution in [0.4, 0.5) is 13.2 Å². The van der Waals surface area contributed by atoms with Crippen LogP contribution >= 0.6 is 0 Å². The second kappa shape index (κ2) is 4.10. The average molecular weight is 246 g/mol. The Kier molecular flexibility index (Phi) is 2.90. The third-order valence-corrected chi connectivity index (χ3v) is 2.43. The minimum atomic E-state index is -4.44. The van der Waals surface area contributed by atoms with Crippen LogP contribution < -0.4 is 11.2 Å². The topological polar surface area (TPSA) is 64.3 Å². The van der Waals surface area contributed by atoms with Crippen molar-refractivity contribution in [3.63, 3.8) is 0 Å². The van der Waals surface area contributed by atoms with E-state index in [1.165, 1.54) is 12.1 Å². The van der Waals surface area contributed by atoms with Gasteiger partial charge in [-0.05, 0) is 17.7 Å². The van der Waals surface area contributed by atoms with Crippen molar-refractivity contribution in [2.24, 2.45) is 5.73 Å². The fraction of sp³-hybridized carbons (Fsp3) is 0.300. The Bertz CT molecular complexity index is 447. The van der Waals surface area contributed by atoms with E-state index in [0.29, 0.717) is 0 Å². The van der Waals surface area contributed by atoms with Gasteiger partial charge in [-0.2, -0.15) is 18.7 Å². The number of halogens is 3. The van der Waals surface area contributed by atoms with E-state index in [-0.39, 0.29) is 5.56 Å². The Labute approximate surface area is 94.5 Å². The fourth-order valence-corrected chi connectivity index (χ4v) is 1.55. The minimum Gasteiger partial charge on any atom is -0.298 e. The van der Waals surface area contributed by atoms with Gasteiger partial charge in [-0.15, -0.1) is 0 Å². The molecule has 2 unspecified atom stereocenters. The van der Waals surface area contributed by atoms with Crippen LogP contribution in [0.5, 0.6) is 0 Å². The number of carbonyl (C=O) groups excluding carboxylic acids is 1. The van der Waals surface area contributed by atoms with Crippen LogP contribution in [-0.4, -0.2) is 12.0 Å². The number of hydrogen-bond acceptors (Lipinski definition) is 4. The first-order chi connectivity index (χ1) is 7.89.